The van der Waals surface area contributed by atoms with Crippen LogP contribution in [-0.4, -0.2) is 44.7 Å². The maximum Gasteiger partial charge on any atom is 0.219 e. The largest absolute Gasteiger partial charge is 0.377 e. The van der Waals surface area contributed by atoms with Crippen molar-refractivity contribution >= 4 is 11.7 Å². The second kappa shape index (κ2) is 11.5. The maximum atomic E-state index is 11.1. The van der Waals surface area contributed by atoms with E-state index >= 15 is 0 Å². The lowest BCUT2D eigenvalue weighted by molar-refractivity contribution is -0.124. The van der Waals surface area contributed by atoms with Crippen molar-refractivity contribution in [2.24, 2.45) is 0 Å². The Hall–Kier alpha value is -0.940. The van der Waals surface area contributed by atoms with Crippen molar-refractivity contribution in [3.63, 3.8) is 0 Å². The van der Waals surface area contributed by atoms with Crippen molar-refractivity contribution in [1.29, 1.82) is 0 Å². The van der Waals surface area contributed by atoms with Crippen LogP contribution in [0.1, 0.15) is 33.1 Å². The zero-order valence-electron chi connectivity index (χ0n) is 10.8. The molecule has 1 amide bonds. The van der Waals surface area contributed by atoms with Crippen molar-refractivity contribution < 1.29 is 19.1 Å². The van der Waals surface area contributed by atoms with Gasteiger partial charge in [-0.25, -0.2) is 0 Å². The van der Waals surface area contributed by atoms with Crippen LogP contribution in [-0.2, 0) is 19.1 Å². The van der Waals surface area contributed by atoms with Crippen molar-refractivity contribution in [1.82, 2.24) is 5.32 Å². The van der Waals surface area contributed by atoms with E-state index in [2.05, 4.69) is 5.32 Å². The molecule has 0 aliphatic heterocycles. The molecule has 0 aliphatic carbocycles. The molecule has 0 fully saturated rings. The van der Waals surface area contributed by atoms with Crippen LogP contribution >= 0.6 is 0 Å². The monoisotopic (exact) mass is 245 g/mol. The minimum Gasteiger partial charge on any atom is -0.377 e. The van der Waals surface area contributed by atoms with E-state index in [1.807, 2.05) is 6.92 Å². The van der Waals surface area contributed by atoms with E-state index in [9.17, 15) is 9.59 Å². The van der Waals surface area contributed by atoms with Crippen molar-refractivity contribution in [2.75, 3.05) is 33.0 Å². The van der Waals surface area contributed by atoms with E-state index in [0.717, 1.165) is 6.42 Å². The molecule has 0 aromatic heterocycles. The quantitative estimate of drug-likeness (QED) is 0.550. The highest BCUT2D eigenvalue weighted by Gasteiger charge is 1.99. The van der Waals surface area contributed by atoms with Gasteiger partial charge in [0.2, 0.25) is 5.91 Å². The number of ether oxygens (including phenoxy) is 2. The Kier molecular flexibility index (Phi) is 10.9. The van der Waals surface area contributed by atoms with E-state index in [0.29, 0.717) is 39.2 Å². The number of carbonyl (C=O) groups is 2. The summed E-state index contributed by atoms with van der Waals surface area (Å²) >= 11 is 0. The summed E-state index contributed by atoms with van der Waals surface area (Å²) in [7, 11) is 0. The Balaban J connectivity index is 3.13. The first kappa shape index (κ1) is 16.1. The molecule has 0 aromatic rings. The number of hydrogen-bond donors (Lipinski definition) is 1. The van der Waals surface area contributed by atoms with E-state index in [1.54, 1.807) is 6.92 Å². The summed E-state index contributed by atoms with van der Waals surface area (Å²) < 4.78 is 10.4. The van der Waals surface area contributed by atoms with Crippen LogP contribution in [0.5, 0.6) is 0 Å². The molecule has 0 bridgehead atoms. The molecule has 17 heavy (non-hydrogen) atoms. The lowest BCUT2D eigenvalue weighted by Gasteiger charge is -2.06. The highest BCUT2D eigenvalue weighted by molar-refractivity contribution is 5.79. The van der Waals surface area contributed by atoms with Gasteiger partial charge in [0, 0.05) is 19.4 Å². The normalized spacial score (nSPS) is 10.2. The zero-order chi connectivity index (χ0) is 12.9. The SMILES string of the molecule is CCCC(=O)COCCOCCNC(=O)CC. The Morgan fingerprint density at radius 1 is 1.06 bits per heavy atom. The predicted molar refractivity (Wildman–Crippen MR) is 64.9 cm³/mol. The summed E-state index contributed by atoms with van der Waals surface area (Å²) in [5, 5.41) is 2.70. The first-order valence-corrected chi connectivity index (χ1v) is 6.14. The van der Waals surface area contributed by atoms with Crippen LogP contribution in [0.3, 0.4) is 0 Å². The smallest absolute Gasteiger partial charge is 0.219 e. The topological polar surface area (TPSA) is 64.6 Å². The molecule has 0 unspecified atom stereocenters. The van der Waals surface area contributed by atoms with Gasteiger partial charge in [-0.1, -0.05) is 13.8 Å². The molecule has 0 spiro atoms. The lowest BCUT2D eigenvalue weighted by atomic mass is 10.2. The molecule has 5 heteroatoms. The van der Waals surface area contributed by atoms with Crippen molar-refractivity contribution in [3.05, 3.63) is 0 Å². The fourth-order valence-electron chi connectivity index (χ4n) is 1.14. The number of rotatable bonds is 11. The minimum atomic E-state index is 0.0232. The van der Waals surface area contributed by atoms with Crippen LogP contribution in [0.2, 0.25) is 0 Å². The second-order valence-corrected chi connectivity index (χ2v) is 3.66. The fourth-order valence-corrected chi connectivity index (χ4v) is 1.14. The number of Topliss-reactive ketones (excluding diaryl/α,β-unsaturated/α-hetero) is 1. The van der Waals surface area contributed by atoms with E-state index < -0.39 is 0 Å². The molecule has 100 valence electrons. The van der Waals surface area contributed by atoms with E-state index in [1.165, 1.54) is 0 Å². The molecule has 0 aliphatic rings. The number of ketones is 1. The third kappa shape index (κ3) is 11.3. The predicted octanol–water partition coefficient (Wildman–Crippen LogP) is 0.915. The second-order valence-electron chi connectivity index (χ2n) is 3.66. The lowest BCUT2D eigenvalue weighted by Crippen LogP contribution is -2.26. The molecule has 0 radical (unpaired) electrons. The molecule has 1 N–H and O–H groups in total. The summed E-state index contributed by atoms with van der Waals surface area (Å²) in [6.07, 6.45) is 1.92. The van der Waals surface area contributed by atoms with E-state index in [-0.39, 0.29) is 18.3 Å². The molecule has 0 saturated carbocycles. The summed E-state index contributed by atoms with van der Waals surface area (Å²) in [6.45, 7) is 5.78. The molecule has 0 aromatic carbocycles. The maximum absolute atomic E-state index is 11.1. The van der Waals surface area contributed by atoms with Gasteiger partial charge in [0.05, 0.1) is 19.8 Å². The molecular formula is C12H23NO4. The Bertz CT molecular complexity index is 219. The zero-order valence-corrected chi connectivity index (χ0v) is 10.8. The van der Waals surface area contributed by atoms with Crippen LogP contribution in [0.15, 0.2) is 0 Å². The molecule has 5 nitrogen and oxygen atoms in total. The molecule has 0 heterocycles. The highest BCUT2D eigenvalue weighted by atomic mass is 16.5. The Morgan fingerprint density at radius 2 is 1.76 bits per heavy atom. The summed E-state index contributed by atoms with van der Waals surface area (Å²) in [5.41, 5.74) is 0. The number of nitrogens with one attached hydrogen (secondary N) is 1. The number of hydrogen-bond acceptors (Lipinski definition) is 4. The first-order chi connectivity index (χ1) is 8.20. The Morgan fingerprint density at radius 3 is 2.41 bits per heavy atom. The average molecular weight is 245 g/mol. The van der Waals surface area contributed by atoms with Gasteiger partial charge in [0.1, 0.15) is 6.61 Å². The van der Waals surface area contributed by atoms with Crippen LogP contribution < -0.4 is 5.32 Å². The number of amides is 1. The number of carbonyl (C=O) groups excluding carboxylic acids is 2. The summed E-state index contributed by atoms with van der Waals surface area (Å²) in [5.74, 6) is 0.151. The minimum absolute atomic E-state index is 0.0232. The van der Waals surface area contributed by atoms with Gasteiger partial charge >= 0.3 is 0 Å². The van der Waals surface area contributed by atoms with Crippen LogP contribution in [0.4, 0.5) is 0 Å². The molecule has 0 saturated heterocycles. The van der Waals surface area contributed by atoms with Crippen molar-refractivity contribution in [3.8, 4) is 0 Å². The molecule has 0 atom stereocenters. The van der Waals surface area contributed by atoms with Gasteiger partial charge in [-0.15, -0.1) is 0 Å². The Labute approximate surface area is 103 Å². The van der Waals surface area contributed by atoms with Gasteiger partial charge in [-0.2, -0.15) is 0 Å². The van der Waals surface area contributed by atoms with Crippen LogP contribution in [0, 0.1) is 0 Å². The van der Waals surface area contributed by atoms with Gasteiger partial charge < -0.3 is 14.8 Å². The molecular weight excluding hydrogens is 222 g/mol. The van der Waals surface area contributed by atoms with Gasteiger partial charge in [-0.05, 0) is 6.42 Å². The molecule has 0 rings (SSSR count). The first-order valence-electron chi connectivity index (χ1n) is 6.14. The van der Waals surface area contributed by atoms with Crippen molar-refractivity contribution in [2.45, 2.75) is 33.1 Å². The average Bonchev–Trinajstić information content (AvgIpc) is 2.32. The van der Waals surface area contributed by atoms with Gasteiger partial charge in [0.15, 0.2) is 5.78 Å². The van der Waals surface area contributed by atoms with E-state index in [4.69, 9.17) is 9.47 Å². The fraction of sp³-hybridized carbons (Fsp3) is 0.833. The third-order valence-electron chi connectivity index (χ3n) is 2.05. The third-order valence-corrected chi connectivity index (χ3v) is 2.05. The summed E-state index contributed by atoms with van der Waals surface area (Å²) in [6, 6.07) is 0. The highest BCUT2D eigenvalue weighted by Crippen LogP contribution is 1.90. The van der Waals surface area contributed by atoms with Crippen LogP contribution in [0.25, 0.3) is 0 Å². The van der Waals surface area contributed by atoms with Gasteiger partial charge in [0.25, 0.3) is 0 Å². The standard InChI is InChI=1S/C12H23NO4/c1-3-5-11(14)10-17-9-8-16-7-6-13-12(15)4-2/h3-10H2,1-2H3,(H,13,15). The summed E-state index contributed by atoms with van der Waals surface area (Å²) in [4.78, 5) is 21.9. The van der Waals surface area contributed by atoms with Gasteiger partial charge in [-0.3, -0.25) is 9.59 Å².